The van der Waals surface area contributed by atoms with Gasteiger partial charge in [-0.3, -0.25) is 9.59 Å². The monoisotopic (exact) mass is 361 g/mol. The van der Waals surface area contributed by atoms with Crippen LogP contribution in [0, 0.1) is 0 Å². The Morgan fingerprint density at radius 2 is 1.74 bits per heavy atom. The van der Waals surface area contributed by atoms with Crippen molar-refractivity contribution in [2.24, 2.45) is 0 Å². The first-order chi connectivity index (χ1) is 10.6. The van der Waals surface area contributed by atoms with Crippen LogP contribution < -0.4 is 10.6 Å². The predicted molar refractivity (Wildman–Crippen MR) is 97.8 cm³/mol. The molecule has 23 heavy (non-hydrogen) atoms. The summed E-state index contributed by atoms with van der Waals surface area (Å²) >= 11 is 5.50. The second kappa shape index (κ2) is 12.2. The van der Waals surface area contributed by atoms with Gasteiger partial charge in [0.25, 0.3) is 5.91 Å². The molecule has 0 aromatic heterocycles. The summed E-state index contributed by atoms with van der Waals surface area (Å²) in [6.07, 6.45) is 0.273. The summed E-state index contributed by atoms with van der Waals surface area (Å²) in [5.41, 5.74) is 1.24. The Morgan fingerprint density at radius 3 is 2.26 bits per heavy atom. The van der Waals surface area contributed by atoms with Crippen molar-refractivity contribution in [3.05, 3.63) is 29.8 Å². The van der Waals surface area contributed by atoms with Gasteiger partial charge in [-0.25, -0.2) is 0 Å². The fraction of sp³-hybridized carbons (Fsp3) is 0.500. The predicted octanol–water partition coefficient (Wildman–Crippen LogP) is 2.75. The minimum Gasteiger partial charge on any atom is -0.351 e. The maximum Gasteiger partial charge on any atom is 0.251 e. The van der Waals surface area contributed by atoms with Crippen molar-refractivity contribution in [3.63, 3.8) is 0 Å². The second-order valence-corrected chi connectivity index (χ2v) is 5.23. The van der Waals surface area contributed by atoms with E-state index in [0.29, 0.717) is 23.7 Å². The lowest BCUT2D eigenvalue weighted by Crippen LogP contribution is -2.34. The van der Waals surface area contributed by atoms with E-state index in [2.05, 4.69) is 29.4 Å². The zero-order valence-corrected chi connectivity index (χ0v) is 15.2. The molecule has 0 radical (unpaired) electrons. The highest BCUT2D eigenvalue weighted by atomic mass is 35.5. The highest BCUT2D eigenvalue weighted by Crippen LogP contribution is 2.10. The molecular weight excluding hydrogens is 337 g/mol. The molecule has 2 N–H and O–H groups in total. The number of hydrogen-bond donors (Lipinski definition) is 2. The Morgan fingerprint density at radius 1 is 1.13 bits per heavy atom. The molecule has 2 amide bonds. The molecule has 1 aromatic rings. The normalized spacial score (nSPS) is 10.1. The third-order valence-electron chi connectivity index (χ3n) is 3.36. The van der Waals surface area contributed by atoms with Gasteiger partial charge >= 0.3 is 0 Å². The number of amides is 2. The molecule has 0 heterocycles. The third-order valence-corrected chi connectivity index (χ3v) is 3.55. The number of anilines is 1. The molecule has 7 heteroatoms. The topological polar surface area (TPSA) is 61.4 Å². The molecule has 0 atom stereocenters. The summed E-state index contributed by atoms with van der Waals surface area (Å²) in [6, 6.07) is 6.82. The fourth-order valence-corrected chi connectivity index (χ4v) is 2.16. The van der Waals surface area contributed by atoms with Gasteiger partial charge in [-0.05, 0) is 37.4 Å². The lowest BCUT2D eigenvalue weighted by atomic mass is 10.2. The third kappa shape index (κ3) is 8.21. The van der Waals surface area contributed by atoms with Crippen LogP contribution in [-0.4, -0.2) is 48.8 Å². The summed E-state index contributed by atoms with van der Waals surface area (Å²) < 4.78 is 0. The zero-order valence-electron chi connectivity index (χ0n) is 13.6. The molecule has 0 saturated carbocycles. The molecule has 0 fully saturated rings. The molecule has 1 aromatic carbocycles. The second-order valence-electron chi connectivity index (χ2n) is 4.85. The highest BCUT2D eigenvalue weighted by Gasteiger charge is 2.07. The molecule has 0 saturated heterocycles. The van der Waals surface area contributed by atoms with Gasteiger partial charge in [0.15, 0.2) is 0 Å². The average molecular weight is 362 g/mol. The van der Waals surface area contributed by atoms with Crippen LogP contribution in [0.4, 0.5) is 5.69 Å². The fourth-order valence-electron chi connectivity index (χ4n) is 1.98. The quantitative estimate of drug-likeness (QED) is 0.664. The maximum absolute atomic E-state index is 12.0. The SMILES string of the molecule is CCN(CC)CCNC(=O)c1ccc(NC(=O)CCCl)cc1.Cl. The molecule has 130 valence electrons. The summed E-state index contributed by atoms with van der Waals surface area (Å²) in [5, 5.41) is 5.61. The first-order valence-electron chi connectivity index (χ1n) is 7.57. The Bertz CT molecular complexity index is 477. The first-order valence-corrected chi connectivity index (χ1v) is 8.10. The van der Waals surface area contributed by atoms with E-state index in [0.717, 1.165) is 19.6 Å². The van der Waals surface area contributed by atoms with Crippen molar-refractivity contribution in [2.45, 2.75) is 20.3 Å². The van der Waals surface area contributed by atoms with Crippen LogP contribution in [0.2, 0.25) is 0 Å². The standard InChI is InChI=1S/C16H24ClN3O2.ClH/c1-3-20(4-2)12-11-18-16(22)13-5-7-14(8-6-13)19-15(21)9-10-17;/h5-8H,3-4,9-12H2,1-2H3,(H,18,22)(H,19,21);1H. The number of carbonyl (C=O) groups is 2. The highest BCUT2D eigenvalue weighted by molar-refractivity contribution is 6.19. The molecule has 0 bridgehead atoms. The van der Waals surface area contributed by atoms with Crippen molar-refractivity contribution in [2.75, 3.05) is 37.4 Å². The number of rotatable bonds is 9. The Kier molecular flexibility index (Phi) is 11.5. The van der Waals surface area contributed by atoms with Gasteiger partial charge in [0, 0.05) is 36.6 Å². The van der Waals surface area contributed by atoms with Crippen molar-refractivity contribution in [1.29, 1.82) is 0 Å². The van der Waals surface area contributed by atoms with Gasteiger partial charge in [-0.15, -0.1) is 24.0 Å². The van der Waals surface area contributed by atoms with Crippen molar-refractivity contribution in [3.8, 4) is 0 Å². The maximum atomic E-state index is 12.0. The van der Waals surface area contributed by atoms with Gasteiger partial charge in [0.2, 0.25) is 5.91 Å². The minimum atomic E-state index is -0.133. The van der Waals surface area contributed by atoms with Crippen molar-refractivity contribution >= 4 is 41.5 Å². The van der Waals surface area contributed by atoms with Crippen LogP contribution in [-0.2, 0) is 4.79 Å². The molecule has 5 nitrogen and oxygen atoms in total. The van der Waals surface area contributed by atoms with Crippen LogP contribution in [0.3, 0.4) is 0 Å². The number of halogens is 2. The van der Waals surface area contributed by atoms with Crippen LogP contribution >= 0.6 is 24.0 Å². The number of nitrogens with one attached hydrogen (secondary N) is 2. The Hall–Kier alpha value is -1.30. The van der Waals surface area contributed by atoms with E-state index in [9.17, 15) is 9.59 Å². The minimum absolute atomic E-state index is 0. The van der Waals surface area contributed by atoms with E-state index in [1.54, 1.807) is 24.3 Å². The lowest BCUT2D eigenvalue weighted by Gasteiger charge is -2.17. The largest absolute Gasteiger partial charge is 0.351 e. The van der Waals surface area contributed by atoms with Crippen molar-refractivity contribution < 1.29 is 9.59 Å². The van der Waals surface area contributed by atoms with E-state index in [1.807, 2.05) is 0 Å². The first kappa shape index (κ1) is 21.7. The summed E-state index contributed by atoms with van der Waals surface area (Å²) in [4.78, 5) is 25.7. The van der Waals surface area contributed by atoms with Crippen LogP contribution in [0.5, 0.6) is 0 Å². The summed E-state index contributed by atoms with van der Waals surface area (Å²) in [5.74, 6) is 0.0518. The molecule has 0 unspecified atom stereocenters. The number of hydrogen-bond acceptors (Lipinski definition) is 3. The number of nitrogens with zero attached hydrogens (tertiary/aromatic N) is 1. The Labute approximate surface area is 149 Å². The zero-order chi connectivity index (χ0) is 16.4. The molecule has 0 aliphatic rings. The van der Waals surface area contributed by atoms with E-state index >= 15 is 0 Å². The van der Waals surface area contributed by atoms with E-state index in [-0.39, 0.29) is 30.6 Å². The van der Waals surface area contributed by atoms with Gasteiger partial charge < -0.3 is 15.5 Å². The van der Waals surface area contributed by atoms with Crippen LogP contribution in [0.1, 0.15) is 30.6 Å². The Balaban J connectivity index is 0.00000484. The molecule has 1 rings (SSSR count). The number of carbonyl (C=O) groups excluding carboxylic acids is 2. The molecule has 0 aliphatic carbocycles. The van der Waals surface area contributed by atoms with Gasteiger partial charge in [0.1, 0.15) is 0 Å². The van der Waals surface area contributed by atoms with Gasteiger partial charge in [-0.1, -0.05) is 13.8 Å². The van der Waals surface area contributed by atoms with Gasteiger partial charge in [-0.2, -0.15) is 0 Å². The van der Waals surface area contributed by atoms with E-state index < -0.39 is 0 Å². The van der Waals surface area contributed by atoms with Crippen LogP contribution in [0.15, 0.2) is 24.3 Å². The molecule has 0 spiro atoms. The molecule has 0 aliphatic heterocycles. The van der Waals surface area contributed by atoms with Gasteiger partial charge in [0.05, 0.1) is 0 Å². The smallest absolute Gasteiger partial charge is 0.251 e. The number of benzene rings is 1. The average Bonchev–Trinajstić information content (AvgIpc) is 2.52. The van der Waals surface area contributed by atoms with Crippen molar-refractivity contribution in [1.82, 2.24) is 10.2 Å². The summed E-state index contributed by atoms with van der Waals surface area (Å²) in [6.45, 7) is 7.61. The molecular formula is C16H25Cl2N3O2. The summed E-state index contributed by atoms with van der Waals surface area (Å²) in [7, 11) is 0. The van der Waals surface area contributed by atoms with Crippen LogP contribution in [0.25, 0.3) is 0 Å². The van der Waals surface area contributed by atoms with E-state index in [4.69, 9.17) is 11.6 Å². The van der Waals surface area contributed by atoms with E-state index in [1.165, 1.54) is 0 Å². The number of likely N-dealkylation sites (N-methyl/N-ethyl adjacent to an activating group) is 1. The lowest BCUT2D eigenvalue weighted by molar-refractivity contribution is -0.115. The number of alkyl halides is 1.